The number of anilines is 1. The molecule has 3 heterocycles. The first-order chi connectivity index (χ1) is 12.7. The summed E-state index contributed by atoms with van der Waals surface area (Å²) >= 11 is 0. The standard InChI is InChI=1S/C18H19N5O3/c19-15-14-17(23(11-20-14)13-8-4-5-9-25-13)22-16(21-15)18(24)26-10-12-6-2-1-3-7-12/h1-3,6-7,11,13H,4-5,8-10H2,(H2,19,21,22). The fraction of sp³-hybridized carbons (Fsp3) is 0.333. The van der Waals surface area contributed by atoms with E-state index in [0.717, 1.165) is 24.8 Å². The number of carbonyl (C=O) groups excluding carboxylic acids is 1. The maximum Gasteiger partial charge on any atom is 0.376 e. The van der Waals surface area contributed by atoms with Crippen LogP contribution in [-0.2, 0) is 16.1 Å². The maximum absolute atomic E-state index is 12.4. The quantitative estimate of drug-likeness (QED) is 0.718. The highest BCUT2D eigenvalue weighted by Gasteiger charge is 2.22. The van der Waals surface area contributed by atoms with Crippen LogP contribution in [0.15, 0.2) is 36.7 Å². The number of aromatic nitrogens is 4. The number of nitrogen functional groups attached to an aromatic ring is 1. The number of imidazole rings is 1. The number of hydrogen-bond donors (Lipinski definition) is 1. The minimum atomic E-state index is -0.625. The van der Waals surface area contributed by atoms with Crippen LogP contribution >= 0.6 is 0 Å². The largest absolute Gasteiger partial charge is 0.455 e. The lowest BCUT2D eigenvalue weighted by Gasteiger charge is -2.23. The molecule has 0 radical (unpaired) electrons. The summed E-state index contributed by atoms with van der Waals surface area (Å²) in [5.74, 6) is -0.556. The number of ether oxygens (including phenoxy) is 2. The van der Waals surface area contributed by atoms with Crippen LogP contribution < -0.4 is 5.73 Å². The summed E-state index contributed by atoms with van der Waals surface area (Å²) in [6.07, 6.45) is 4.44. The summed E-state index contributed by atoms with van der Waals surface area (Å²) in [6.45, 7) is 0.836. The van der Waals surface area contributed by atoms with Crippen LogP contribution in [0.2, 0.25) is 0 Å². The molecule has 1 saturated heterocycles. The molecule has 1 aliphatic heterocycles. The van der Waals surface area contributed by atoms with E-state index in [1.54, 1.807) is 10.9 Å². The van der Waals surface area contributed by atoms with Gasteiger partial charge in [0, 0.05) is 6.61 Å². The highest BCUT2D eigenvalue weighted by Crippen LogP contribution is 2.27. The van der Waals surface area contributed by atoms with Crippen LogP contribution in [0.5, 0.6) is 0 Å². The number of nitrogens with two attached hydrogens (primary N) is 1. The van der Waals surface area contributed by atoms with E-state index in [-0.39, 0.29) is 24.5 Å². The fourth-order valence-electron chi connectivity index (χ4n) is 2.97. The third-order valence-electron chi connectivity index (χ3n) is 4.31. The van der Waals surface area contributed by atoms with Crippen LogP contribution in [-0.4, -0.2) is 32.1 Å². The molecule has 0 saturated carbocycles. The van der Waals surface area contributed by atoms with E-state index in [2.05, 4.69) is 15.0 Å². The lowest BCUT2D eigenvalue weighted by atomic mass is 10.2. The number of fused-ring (bicyclic) bond motifs is 1. The van der Waals surface area contributed by atoms with Crippen molar-refractivity contribution in [3.63, 3.8) is 0 Å². The Morgan fingerprint density at radius 1 is 1.27 bits per heavy atom. The maximum atomic E-state index is 12.4. The Kier molecular flexibility index (Phi) is 4.49. The van der Waals surface area contributed by atoms with E-state index in [4.69, 9.17) is 15.2 Å². The molecule has 0 amide bonds. The van der Waals surface area contributed by atoms with Gasteiger partial charge in [-0.25, -0.2) is 19.7 Å². The molecule has 26 heavy (non-hydrogen) atoms. The second kappa shape index (κ2) is 7.09. The summed E-state index contributed by atoms with van der Waals surface area (Å²) < 4.78 is 12.9. The first-order valence-electron chi connectivity index (χ1n) is 8.55. The van der Waals surface area contributed by atoms with Gasteiger partial charge >= 0.3 is 5.97 Å². The van der Waals surface area contributed by atoms with Crippen molar-refractivity contribution in [1.82, 2.24) is 19.5 Å². The zero-order chi connectivity index (χ0) is 17.9. The van der Waals surface area contributed by atoms with E-state index in [1.807, 2.05) is 30.3 Å². The SMILES string of the molecule is Nc1nc(C(=O)OCc2ccccc2)nc2c1ncn2C1CCCCO1. The van der Waals surface area contributed by atoms with Crippen LogP contribution in [0.4, 0.5) is 5.82 Å². The molecule has 1 unspecified atom stereocenters. The van der Waals surface area contributed by atoms with Gasteiger partial charge in [0.25, 0.3) is 0 Å². The summed E-state index contributed by atoms with van der Waals surface area (Å²) in [7, 11) is 0. The molecule has 0 aliphatic carbocycles. The van der Waals surface area contributed by atoms with Crippen molar-refractivity contribution < 1.29 is 14.3 Å². The Labute approximate surface area is 150 Å². The molecule has 1 atom stereocenters. The molecule has 2 N–H and O–H groups in total. The van der Waals surface area contributed by atoms with Crippen molar-refractivity contribution >= 4 is 23.0 Å². The highest BCUT2D eigenvalue weighted by molar-refractivity contribution is 5.90. The number of benzene rings is 1. The van der Waals surface area contributed by atoms with Crippen LogP contribution in [0.1, 0.15) is 41.7 Å². The minimum Gasteiger partial charge on any atom is -0.455 e. The molecule has 1 fully saturated rings. The lowest BCUT2D eigenvalue weighted by Crippen LogP contribution is -2.19. The second-order valence-electron chi connectivity index (χ2n) is 6.14. The molecule has 2 aromatic heterocycles. The molecule has 4 rings (SSSR count). The molecule has 8 nitrogen and oxygen atoms in total. The van der Waals surface area contributed by atoms with Gasteiger partial charge in [0.2, 0.25) is 5.82 Å². The third-order valence-corrected chi connectivity index (χ3v) is 4.31. The van der Waals surface area contributed by atoms with Crippen molar-refractivity contribution in [1.29, 1.82) is 0 Å². The Hall–Kier alpha value is -3.00. The Balaban J connectivity index is 1.59. The van der Waals surface area contributed by atoms with Crippen molar-refractivity contribution in [2.45, 2.75) is 32.1 Å². The van der Waals surface area contributed by atoms with Crippen molar-refractivity contribution in [2.24, 2.45) is 0 Å². The van der Waals surface area contributed by atoms with E-state index in [1.165, 1.54) is 0 Å². The summed E-state index contributed by atoms with van der Waals surface area (Å²) in [5, 5.41) is 0. The van der Waals surface area contributed by atoms with Crippen LogP contribution in [0.25, 0.3) is 11.2 Å². The average molecular weight is 353 g/mol. The zero-order valence-corrected chi connectivity index (χ0v) is 14.2. The normalized spacial score (nSPS) is 17.3. The van der Waals surface area contributed by atoms with Crippen molar-refractivity contribution in [3.05, 3.63) is 48.0 Å². The van der Waals surface area contributed by atoms with E-state index in [0.29, 0.717) is 17.8 Å². The van der Waals surface area contributed by atoms with Crippen molar-refractivity contribution in [2.75, 3.05) is 12.3 Å². The Morgan fingerprint density at radius 3 is 2.88 bits per heavy atom. The third kappa shape index (κ3) is 3.23. The molecule has 0 spiro atoms. The molecule has 1 aromatic carbocycles. The average Bonchev–Trinajstić information content (AvgIpc) is 3.12. The number of esters is 1. The van der Waals surface area contributed by atoms with Crippen molar-refractivity contribution in [3.8, 4) is 0 Å². The predicted molar refractivity (Wildman–Crippen MR) is 94.1 cm³/mol. The summed E-state index contributed by atoms with van der Waals surface area (Å²) in [6, 6.07) is 9.42. The molecule has 0 bridgehead atoms. The number of rotatable bonds is 4. The summed E-state index contributed by atoms with van der Waals surface area (Å²) in [5.41, 5.74) is 7.79. The van der Waals surface area contributed by atoms with Crippen LogP contribution in [0.3, 0.4) is 0 Å². The Bertz CT molecular complexity index is 919. The van der Waals surface area contributed by atoms with E-state index < -0.39 is 5.97 Å². The number of carbonyl (C=O) groups is 1. The molecular formula is C18H19N5O3. The first kappa shape index (κ1) is 16.5. The molecule has 3 aromatic rings. The van der Waals surface area contributed by atoms with Gasteiger partial charge in [-0.2, -0.15) is 0 Å². The zero-order valence-electron chi connectivity index (χ0n) is 14.2. The minimum absolute atomic E-state index is 0.0801. The van der Waals surface area contributed by atoms with Gasteiger partial charge in [0.05, 0.1) is 6.33 Å². The van der Waals surface area contributed by atoms with Gasteiger partial charge in [-0.1, -0.05) is 30.3 Å². The topological polar surface area (TPSA) is 105 Å². The van der Waals surface area contributed by atoms with Gasteiger partial charge in [-0.05, 0) is 24.8 Å². The van der Waals surface area contributed by atoms with Gasteiger partial charge in [0.15, 0.2) is 11.5 Å². The molecular weight excluding hydrogens is 334 g/mol. The molecule has 134 valence electrons. The monoisotopic (exact) mass is 353 g/mol. The summed E-state index contributed by atoms with van der Waals surface area (Å²) in [4.78, 5) is 25.0. The van der Waals surface area contributed by atoms with E-state index >= 15 is 0 Å². The fourth-order valence-corrected chi connectivity index (χ4v) is 2.97. The molecule has 8 heteroatoms. The first-order valence-corrected chi connectivity index (χ1v) is 8.55. The van der Waals surface area contributed by atoms with Gasteiger partial charge < -0.3 is 15.2 Å². The lowest BCUT2D eigenvalue weighted by molar-refractivity contribution is -0.0298. The van der Waals surface area contributed by atoms with Gasteiger partial charge in [-0.3, -0.25) is 4.57 Å². The van der Waals surface area contributed by atoms with Gasteiger partial charge in [-0.15, -0.1) is 0 Å². The number of nitrogens with zero attached hydrogens (tertiary/aromatic N) is 4. The van der Waals surface area contributed by atoms with Gasteiger partial charge in [0.1, 0.15) is 18.4 Å². The highest BCUT2D eigenvalue weighted by atomic mass is 16.5. The second-order valence-corrected chi connectivity index (χ2v) is 6.14. The van der Waals surface area contributed by atoms with E-state index in [9.17, 15) is 4.79 Å². The predicted octanol–water partition coefficient (Wildman–Crippen LogP) is 2.46. The smallest absolute Gasteiger partial charge is 0.376 e. The Morgan fingerprint density at radius 2 is 2.12 bits per heavy atom. The number of hydrogen-bond acceptors (Lipinski definition) is 7. The van der Waals surface area contributed by atoms with Crippen LogP contribution in [0, 0.1) is 0 Å². The molecule has 1 aliphatic rings.